The molecule has 0 unspecified atom stereocenters. The zero-order valence-electron chi connectivity index (χ0n) is 12.4. The molecule has 0 atom stereocenters. The molecule has 0 saturated carbocycles. The van der Waals surface area contributed by atoms with Crippen molar-refractivity contribution in [3.63, 3.8) is 0 Å². The van der Waals surface area contributed by atoms with Crippen molar-refractivity contribution in [3.05, 3.63) is 41.2 Å². The molecular formula is C14H20N4O2S. The Bertz CT molecular complexity index is 730. The number of nitrogens with zero attached hydrogens (tertiary/aromatic N) is 2. The number of sulfonamides is 1. The highest BCUT2D eigenvalue weighted by Gasteiger charge is 2.16. The van der Waals surface area contributed by atoms with E-state index in [1.54, 1.807) is 16.8 Å². The summed E-state index contributed by atoms with van der Waals surface area (Å²) < 4.78 is 28.9. The lowest BCUT2D eigenvalue weighted by molar-refractivity contribution is 0.581. The summed E-state index contributed by atoms with van der Waals surface area (Å²) >= 11 is 0. The number of benzene rings is 1. The number of hydrogen-bond donors (Lipinski definition) is 2. The van der Waals surface area contributed by atoms with Crippen LogP contribution in [0, 0.1) is 6.92 Å². The van der Waals surface area contributed by atoms with Crippen molar-refractivity contribution in [2.24, 2.45) is 7.05 Å². The van der Waals surface area contributed by atoms with Crippen LogP contribution in [0.3, 0.4) is 0 Å². The van der Waals surface area contributed by atoms with Gasteiger partial charge in [0.15, 0.2) is 0 Å². The van der Waals surface area contributed by atoms with Gasteiger partial charge in [0.2, 0.25) is 10.0 Å². The molecule has 7 heteroatoms. The van der Waals surface area contributed by atoms with Gasteiger partial charge in [-0.2, -0.15) is 5.10 Å². The van der Waals surface area contributed by atoms with Gasteiger partial charge in [0, 0.05) is 31.0 Å². The van der Waals surface area contributed by atoms with Crippen molar-refractivity contribution in [2.75, 3.05) is 5.73 Å². The second-order valence-electron chi connectivity index (χ2n) is 5.03. The van der Waals surface area contributed by atoms with Gasteiger partial charge < -0.3 is 5.73 Å². The lowest BCUT2D eigenvalue weighted by atomic mass is 10.2. The summed E-state index contributed by atoms with van der Waals surface area (Å²) in [7, 11) is -1.77. The van der Waals surface area contributed by atoms with E-state index in [0.29, 0.717) is 5.69 Å². The minimum Gasteiger partial charge on any atom is -0.399 e. The minimum atomic E-state index is -3.59. The lowest BCUT2D eigenvalue weighted by Crippen LogP contribution is -2.23. The molecule has 0 fully saturated rings. The highest BCUT2D eigenvalue weighted by atomic mass is 32.2. The van der Waals surface area contributed by atoms with E-state index >= 15 is 0 Å². The van der Waals surface area contributed by atoms with Crippen molar-refractivity contribution in [1.82, 2.24) is 14.5 Å². The van der Waals surface area contributed by atoms with Crippen LogP contribution >= 0.6 is 0 Å². The first-order valence-corrected chi connectivity index (χ1v) is 8.18. The highest BCUT2D eigenvalue weighted by Crippen LogP contribution is 2.17. The van der Waals surface area contributed by atoms with Crippen LogP contribution in [0.1, 0.15) is 23.7 Å². The Balaban J connectivity index is 2.21. The van der Waals surface area contributed by atoms with Crippen molar-refractivity contribution in [2.45, 2.75) is 31.7 Å². The smallest absolute Gasteiger partial charge is 0.240 e. The fraction of sp³-hybridized carbons (Fsp3) is 0.357. The molecule has 3 N–H and O–H groups in total. The maximum absolute atomic E-state index is 12.3. The number of nitrogens with two attached hydrogens (primary N) is 1. The molecule has 0 aliphatic rings. The molecule has 0 saturated heterocycles. The van der Waals surface area contributed by atoms with E-state index in [0.717, 1.165) is 23.2 Å². The Hall–Kier alpha value is -1.86. The number of rotatable bonds is 5. The van der Waals surface area contributed by atoms with Gasteiger partial charge in [-0.05, 0) is 37.1 Å². The Morgan fingerprint density at radius 3 is 2.67 bits per heavy atom. The molecule has 6 nitrogen and oxygen atoms in total. The van der Waals surface area contributed by atoms with E-state index in [2.05, 4.69) is 9.82 Å². The summed E-state index contributed by atoms with van der Waals surface area (Å²) in [5.74, 6) is 0. The molecule has 1 aromatic carbocycles. The van der Waals surface area contributed by atoms with Gasteiger partial charge in [-0.15, -0.1) is 0 Å². The molecular weight excluding hydrogens is 288 g/mol. The van der Waals surface area contributed by atoms with Crippen LogP contribution in [-0.2, 0) is 30.0 Å². The normalized spacial score (nSPS) is 11.8. The largest absolute Gasteiger partial charge is 0.399 e. The molecule has 1 heterocycles. The fourth-order valence-corrected chi connectivity index (χ4v) is 3.36. The average molecular weight is 308 g/mol. The topological polar surface area (TPSA) is 90.0 Å². The Morgan fingerprint density at radius 2 is 2.05 bits per heavy atom. The average Bonchev–Trinajstić information content (AvgIpc) is 2.76. The number of nitrogens with one attached hydrogen (secondary N) is 1. The van der Waals surface area contributed by atoms with Gasteiger partial charge in [-0.25, -0.2) is 13.1 Å². The van der Waals surface area contributed by atoms with Gasteiger partial charge in [-0.3, -0.25) is 4.68 Å². The molecule has 2 rings (SSSR count). The van der Waals surface area contributed by atoms with Crippen LogP contribution in [0.25, 0.3) is 0 Å². The highest BCUT2D eigenvalue weighted by molar-refractivity contribution is 7.89. The monoisotopic (exact) mass is 308 g/mol. The zero-order chi connectivity index (χ0) is 15.6. The van der Waals surface area contributed by atoms with E-state index in [1.807, 2.05) is 27.1 Å². The first-order valence-electron chi connectivity index (χ1n) is 6.70. The SMILES string of the molecule is CCc1nn(C)cc1CNS(=O)(=O)c1cc(C)cc(N)c1. The predicted molar refractivity (Wildman–Crippen MR) is 82.2 cm³/mol. The summed E-state index contributed by atoms with van der Waals surface area (Å²) in [5, 5.41) is 4.29. The Morgan fingerprint density at radius 1 is 1.33 bits per heavy atom. The third-order valence-corrected chi connectivity index (χ3v) is 4.54. The van der Waals surface area contributed by atoms with Gasteiger partial charge >= 0.3 is 0 Å². The van der Waals surface area contributed by atoms with Crippen molar-refractivity contribution in [1.29, 1.82) is 0 Å². The molecule has 0 aliphatic carbocycles. The van der Waals surface area contributed by atoms with Crippen LogP contribution in [-0.4, -0.2) is 18.2 Å². The summed E-state index contributed by atoms with van der Waals surface area (Å²) in [5.41, 5.74) is 8.73. The molecule has 0 spiro atoms. The standard InChI is InChI=1S/C14H20N4O2S/c1-4-14-11(9-18(3)17-14)8-16-21(19,20)13-6-10(2)5-12(15)7-13/h5-7,9,16H,4,8,15H2,1-3H3. The Kier molecular flexibility index (Phi) is 4.34. The molecule has 2 aromatic rings. The Labute approximate surface area is 125 Å². The maximum atomic E-state index is 12.3. The second kappa shape index (κ2) is 5.87. The summed E-state index contributed by atoms with van der Waals surface area (Å²) in [4.78, 5) is 0.182. The van der Waals surface area contributed by atoms with Crippen molar-refractivity contribution < 1.29 is 8.42 Å². The fourth-order valence-electron chi connectivity index (χ4n) is 2.22. The molecule has 0 bridgehead atoms. The van der Waals surface area contributed by atoms with E-state index in [9.17, 15) is 8.42 Å². The molecule has 0 amide bonds. The molecule has 114 valence electrons. The molecule has 0 aliphatic heterocycles. The van der Waals surface area contributed by atoms with E-state index < -0.39 is 10.0 Å². The van der Waals surface area contributed by atoms with Crippen LogP contribution < -0.4 is 10.5 Å². The van der Waals surface area contributed by atoms with Crippen molar-refractivity contribution >= 4 is 15.7 Å². The summed E-state index contributed by atoms with van der Waals surface area (Å²) in [6.45, 7) is 4.01. The lowest BCUT2D eigenvalue weighted by Gasteiger charge is -2.08. The number of aryl methyl sites for hydroxylation is 3. The van der Waals surface area contributed by atoms with Crippen LogP contribution in [0.2, 0.25) is 0 Å². The minimum absolute atomic E-state index is 0.182. The molecule has 1 aromatic heterocycles. The molecule has 0 radical (unpaired) electrons. The van der Waals surface area contributed by atoms with Gasteiger partial charge in [0.25, 0.3) is 0 Å². The first kappa shape index (κ1) is 15.5. The van der Waals surface area contributed by atoms with Crippen LogP contribution in [0.15, 0.2) is 29.3 Å². The van der Waals surface area contributed by atoms with E-state index in [4.69, 9.17) is 5.73 Å². The number of nitrogen functional groups attached to an aromatic ring is 1. The first-order chi connectivity index (χ1) is 9.81. The molecule has 21 heavy (non-hydrogen) atoms. The van der Waals surface area contributed by atoms with Gasteiger partial charge in [0.1, 0.15) is 0 Å². The van der Waals surface area contributed by atoms with Gasteiger partial charge in [0.05, 0.1) is 10.6 Å². The third-order valence-electron chi connectivity index (χ3n) is 3.16. The van der Waals surface area contributed by atoms with E-state index in [1.165, 1.54) is 6.07 Å². The van der Waals surface area contributed by atoms with Crippen LogP contribution in [0.5, 0.6) is 0 Å². The number of aromatic nitrogens is 2. The van der Waals surface area contributed by atoms with E-state index in [-0.39, 0.29) is 11.4 Å². The quantitative estimate of drug-likeness (QED) is 0.816. The van der Waals surface area contributed by atoms with Crippen molar-refractivity contribution in [3.8, 4) is 0 Å². The second-order valence-corrected chi connectivity index (χ2v) is 6.80. The number of anilines is 1. The van der Waals surface area contributed by atoms with Gasteiger partial charge in [-0.1, -0.05) is 6.92 Å². The van der Waals surface area contributed by atoms with Crippen LogP contribution in [0.4, 0.5) is 5.69 Å². The number of hydrogen-bond acceptors (Lipinski definition) is 4. The zero-order valence-corrected chi connectivity index (χ0v) is 13.2. The maximum Gasteiger partial charge on any atom is 0.240 e. The summed E-state index contributed by atoms with van der Waals surface area (Å²) in [6.07, 6.45) is 2.58. The third kappa shape index (κ3) is 3.62. The predicted octanol–water partition coefficient (Wildman–Crippen LogP) is 1.35. The summed E-state index contributed by atoms with van der Waals surface area (Å²) in [6, 6.07) is 4.79.